The summed E-state index contributed by atoms with van der Waals surface area (Å²) in [5.74, 6) is -0.230. The lowest BCUT2D eigenvalue weighted by Crippen LogP contribution is -2.32. The van der Waals surface area contributed by atoms with Gasteiger partial charge in [-0.1, -0.05) is 24.3 Å². The molecule has 0 saturated carbocycles. The average Bonchev–Trinajstić information content (AvgIpc) is 2.35. The highest BCUT2D eigenvalue weighted by atomic mass is 19.1. The molecule has 0 fully saturated rings. The first-order chi connectivity index (χ1) is 9.87. The van der Waals surface area contributed by atoms with Gasteiger partial charge in [-0.3, -0.25) is 0 Å². The zero-order valence-corrected chi connectivity index (χ0v) is 12.8. The second-order valence-corrected chi connectivity index (χ2v) is 5.62. The zero-order valence-electron chi connectivity index (χ0n) is 12.8. The van der Waals surface area contributed by atoms with E-state index in [1.165, 1.54) is 12.1 Å². The molecular weight excluding hydrogens is 271 g/mol. The van der Waals surface area contributed by atoms with E-state index in [1.807, 2.05) is 39.0 Å². The van der Waals surface area contributed by atoms with Gasteiger partial charge in [-0.25, -0.2) is 9.18 Å². The fourth-order valence-corrected chi connectivity index (χ4v) is 1.57. The van der Waals surface area contributed by atoms with Crippen LogP contribution < -0.4 is 10.6 Å². The van der Waals surface area contributed by atoms with E-state index in [0.717, 1.165) is 5.56 Å². The third kappa shape index (κ3) is 8.81. The number of halogens is 1. The summed E-state index contributed by atoms with van der Waals surface area (Å²) in [6.07, 6.45) is 3.30. The van der Waals surface area contributed by atoms with Crippen molar-refractivity contribution in [2.45, 2.75) is 32.9 Å². The Morgan fingerprint density at radius 1 is 1.29 bits per heavy atom. The highest BCUT2D eigenvalue weighted by Crippen LogP contribution is 2.06. The standard InChI is InChI=1S/C16H23FN2O2/c1-16(2,3)21-15(20)19-10-5-4-9-18-12-13-7-6-8-14(17)11-13/h4-8,11,18H,9-10,12H2,1-3H3,(H,19,20)/b5-4+. The molecule has 0 aliphatic heterocycles. The molecule has 1 rings (SSSR count). The molecule has 116 valence electrons. The van der Waals surface area contributed by atoms with Crippen LogP contribution in [0.5, 0.6) is 0 Å². The maximum Gasteiger partial charge on any atom is 0.407 e. The van der Waals surface area contributed by atoms with Gasteiger partial charge in [0.05, 0.1) is 0 Å². The summed E-state index contributed by atoms with van der Waals surface area (Å²) >= 11 is 0. The Bertz CT molecular complexity index is 481. The first-order valence-electron chi connectivity index (χ1n) is 6.94. The number of hydrogen-bond donors (Lipinski definition) is 2. The molecule has 0 radical (unpaired) electrons. The molecule has 1 amide bonds. The molecule has 0 aliphatic carbocycles. The van der Waals surface area contributed by atoms with E-state index < -0.39 is 11.7 Å². The lowest BCUT2D eigenvalue weighted by atomic mass is 10.2. The van der Waals surface area contributed by atoms with Crippen LogP contribution >= 0.6 is 0 Å². The third-order valence-corrected chi connectivity index (χ3v) is 2.41. The minimum absolute atomic E-state index is 0.230. The molecule has 5 heteroatoms. The molecule has 0 aromatic heterocycles. The van der Waals surface area contributed by atoms with Gasteiger partial charge in [0, 0.05) is 19.6 Å². The second kappa shape index (κ2) is 8.42. The lowest BCUT2D eigenvalue weighted by Gasteiger charge is -2.19. The summed E-state index contributed by atoms with van der Waals surface area (Å²) in [5, 5.41) is 5.79. The molecule has 0 unspecified atom stereocenters. The van der Waals surface area contributed by atoms with Crippen LogP contribution in [0.25, 0.3) is 0 Å². The van der Waals surface area contributed by atoms with Gasteiger partial charge < -0.3 is 15.4 Å². The van der Waals surface area contributed by atoms with Crippen molar-refractivity contribution < 1.29 is 13.9 Å². The molecule has 0 atom stereocenters. The van der Waals surface area contributed by atoms with Gasteiger partial charge >= 0.3 is 6.09 Å². The van der Waals surface area contributed by atoms with Crippen LogP contribution in [0.3, 0.4) is 0 Å². The van der Waals surface area contributed by atoms with Crippen LogP contribution in [0.15, 0.2) is 36.4 Å². The number of rotatable bonds is 6. The molecule has 0 bridgehead atoms. The molecule has 0 spiro atoms. The van der Waals surface area contributed by atoms with Gasteiger partial charge in [-0.2, -0.15) is 0 Å². The highest BCUT2D eigenvalue weighted by molar-refractivity contribution is 5.67. The Labute approximate surface area is 125 Å². The maximum atomic E-state index is 12.9. The quantitative estimate of drug-likeness (QED) is 0.626. The number of amides is 1. The summed E-state index contributed by atoms with van der Waals surface area (Å²) in [4.78, 5) is 11.3. The van der Waals surface area contributed by atoms with Crippen LogP contribution in [0.1, 0.15) is 26.3 Å². The largest absolute Gasteiger partial charge is 0.444 e. The molecule has 1 aromatic carbocycles. The second-order valence-electron chi connectivity index (χ2n) is 5.62. The van der Waals surface area contributed by atoms with E-state index in [4.69, 9.17) is 4.74 Å². The van der Waals surface area contributed by atoms with Gasteiger partial charge in [-0.15, -0.1) is 0 Å². The summed E-state index contributed by atoms with van der Waals surface area (Å²) in [7, 11) is 0. The summed E-state index contributed by atoms with van der Waals surface area (Å²) in [6, 6.07) is 6.48. The minimum Gasteiger partial charge on any atom is -0.444 e. The van der Waals surface area contributed by atoms with E-state index in [9.17, 15) is 9.18 Å². The van der Waals surface area contributed by atoms with Crippen LogP contribution in [-0.2, 0) is 11.3 Å². The average molecular weight is 294 g/mol. The van der Waals surface area contributed by atoms with E-state index in [2.05, 4.69) is 10.6 Å². The smallest absolute Gasteiger partial charge is 0.407 e. The third-order valence-electron chi connectivity index (χ3n) is 2.41. The van der Waals surface area contributed by atoms with E-state index >= 15 is 0 Å². The monoisotopic (exact) mass is 294 g/mol. The molecule has 21 heavy (non-hydrogen) atoms. The van der Waals surface area contributed by atoms with Crippen LogP contribution in [0.4, 0.5) is 9.18 Å². The Balaban J connectivity index is 2.12. The Hall–Kier alpha value is -1.88. The molecule has 1 aromatic rings. The highest BCUT2D eigenvalue weighted by Gasteiger charge is 2.14. The topological polar surface area (TPSA) is 50.4 Å². The SMILES string of the molecule is CC(C)(C)OC(=O)NC/C=C/CNCc1cccc(F)c1. The normalized spacial score (nSPS) is 11.6. The van der Waals surface area contributed by atoms with Crippen molar-refractivity contribution in [2.24, 2.45) is 0 Å². The molecule has 2 N–H and O–H groups in total. The maximum absolute atomic E-state index is 12.9. The number of carbonyl (C=O) groups is 1. The van der Waals surface area contributed by atoms with E-state index in [0.29, 0.717) is 19.6 Å². The van der Waals surface area contributed by atoms with Crippen molar-refractivity contribution in [1.29, 1.82) is 0 Å². The van der Waals surface area contributed by atoms with E-state index in [-0.39, 0.29) is 5.82 Å². The first kappa shape index (κ1) is 17.2. The summed E-state index contributed by atoms with van der Waals surface area (Å²) < 4.78 is 18.0. The van der Waals surface area contributed by atoms with Crippen molar-refractivity contribution in [3.8, 4) is 0 Å². The van der Waals surface area contributed by atoms with Crippen molar-refractivity contribution in [2.75, 3.05) is 13.1 Å². The summed E-state index contributed by atoms with van der Waals surface area (Å²) in [6.45, 7) is 7.11. The number of nitrogens with one attached hydrogen (secondary N) is 2. The molecule has 0 saturated heterocycles. The molecule has 0 aliphatic rings. The zero-order chi connectivity index (χ0) is 15.7. The predicted octanol–water partition coefficient (Wildman–Crippen LogP) is 3.00. The van der Waals surface area contributed by atoms with Gasteiger partial charge in [0.15, 0.2) is 0 Å². The Kier molecular flexibility index (Phi) is 6.88. The molecule has 4 nitrogen and oxygen atoms in total. The summed E-state index contributed by atoms with van der Waals surface area (Å²) in [5.41, 5.74) is 0.413. The number of benzene rings is 1. The number of ether oxygens (including phenoxy) is 1. The van der Waals surface area contributed by atoms with Crippen LogP contribution in [0.2, 0.25) is 0 Å². The molecular formula is C16H23FN2O2. The van der Waals surface area contributed by atoms with Gasteiger partial charge in [0.2, 0.25) is 0 Å². The van der Waals surface area contributed by atoms with Gasteiger partial charge in [0.1, 0.15) is 11.4 Å². The fraction of sp³-hybridized carbons (Fsp3) is 0.438. The Morgan fingerprint density at radius 3 is 2.67 bits per heavy atom. The number of hydrogen-bond acceptors (Lipinski definition) is 3. The Morgan fingerprint density at radius 2 is 2.00 bits per heavy atom. The first-order valence-corrected chi connectivity index (χ1v) is 6.94. The van der Waals surface area contributed by atoms with Gasteiger partial charge in [-0.05, 0) is 38.5 Å². The number of alkyl carbamates (subject to hydrolysis) is 1. The van der Waals surface area contributed by atoms with Crippen molar-refractivity contribution in [3.05, 3.63) is 47.8 Å². The van der Waals surface area contributed by atoms with Crippen molar-refractivity contribution >= 4 is 6.09 Å². The van der Waals surface area contributed by atoms with E-state index in [1.54, 1.807) is 6.07 Å². The van der Waals surface area contributed by atoms with Crippen LogP contribution in [0, 0.1) is 5.82 Å². The van der Waals surface area contributed by atoms with Gasteiger partial charge in [0.25, 0.3) is 0 Å². The number of carbonyl (C=O) groups excluding carboxylic acids is 1. The minimum atomic E-state index is -0.486. The molecule has 0 heterocycles. The fourth-order valence-electron chi connectivity index (χ4n) is 1.57. The predicted molar refractivity (Wildman–Crippen MR) is 81.5 cm³/mol. The van der Waals surface area contributed by atoms with Crippen molar-refractivity contribution in [3.63, 3.8) is 0 Å². The van der Waals surface area contributed by atoms with Crippen LogP contribution in [-0.4, -0.2) is 24.8 Å². The van der Waals surface area contributed by atoms with Crippen molar-refractivity contribution in [1.82, 2.24) is 10.6 Å². The lowest BCUT2D eigenvalue weighted by molar-refractivity contribution is 0.0534.